The molecule has 0 aliphatic carbocycles. The number of rotatable bonds is 9. The van der Waals surface area contributed by atoms with Crippen LogP contribution in [0.1, 0.15) is 0 Å². The van der Waals surface area contributed by atoms with Gasteiger partial charge in [-0.1, -0.05) is 0 Å². The Morgan fingerprint density at radius 2 is 1.43 bits per heavy atom. The summed E-state index contributed by atoms with van der Waals surface area (Å²) in [6.45, 7) is -0.345. The zero-order valence-electron chi connectivity index (χ0n) is 12.3. The molecule has 10 nitrogen and oxygen atoms in total. The standard InChI is InChI=1S/C11H22N4O6/c1-13-8(9(12)16)6-19-7(4-20-10(17)14-2)5-21-11(18)15-3/h7-8,13H,4-6H2,1-3H3,(H2,12,16)(H,14,17)(H,15,18). The maximum atomic E-state index is 11.1. The summed E-state index contributed by atoms with van der Waals surface area (Å²) in [6, 6.07) is -0.701. The number of hydrogen-bond acceptors (Lipinski definition) is 7. The van der Waals surface area contributed by atoms with E-state index in [1.165, 1.54) is 14.1 Å². The topological polar surface area (TPSA) is 141 Å². The Morgan fingerprint density at radius 1 is 0.952 bits per heavy atom. The van der Waals surface area contributed by atoms with E-state index in [4.69, 9.17) is 19.9 Å². The molecule has 0 heterocycles. The molecule has 0 saturated heterocycles. The molecule has 0 aromatic rings. The zero-order chi connectivity index (χ0) is 16.3. The molecule has 21 heavy (non-hydrogen) atoms. The van der Waals surface area contributed by atoms with Gasteiger partial charge in [0, 0.05) is 14.1 Å². The van der Waals surface area contributed by atoms with Gasteiger partial charge >= 0.3 is 12.2 Å². The average molecular weight is 306 g/mol. The molecule has 0 aliphatic rings. The number of amides is 3. The molecule has 122 valence electrons. The molecule has 1 unspecified atom stereocenters. The molecular formula is C11H22N4O6. The molecule has 0 saturated carbocycles. The fourth-order valence-electron chi connectivity index (χ4n) is 1.17. The van der Waals surface area contributed by atoms with Gasteiger partial charge in [0.05, 0.1) is 6.61 Å². The lowest BCUT2D eigenvalue weighted by Gasteiger charge is -2.20. The molecule has 0 aromatic carbocycles. The minimum absolute atomic E-state index is 0.0509. The number of nitrogens with two attached hydrogens (primary N) is 1. The first kappa shape index (κ1) is 18.9. The maximum absolute atomic E-state index is 11.1. The van der Waals surface area contributed by atoms with Crippen LogP contribution in [0.5, 0.6) is 0 Å². The van der Waals surface area contributed by atoms with Gasteiger partial charge in [-0.2, -0.15) is 0 Å². The van der Waals surface area contributed by atoms with E-state index in [2.05, 4.69) is 16.0 Å². The van der Waals surface area contributed by atoms with Crippen molar-refractivity contribution in [1.29, 1.82) is 0 Å². The normalized spacial score (nSPS) is 11.6. The minimum Gasteiger partial charge on any atom is -0.447 e. The Balaban J connectivity index is 4.37. The van der Waals surface area contributed by atoms with Crippen LogP contribution in [0.2, 0.25) is 0 Å². The summed E-state index contributed by atoms with van der Waals surface area (Å²) in [6.07, 6.45) is -2.03. The molecule has 0 fully saturated rings. The SMILES string of the molecule is CNC(=O)OCC(COC(=O)NC)OCC(NC)C(N)=O. The van der Waals surface area contributed by atoms with Crippen molar-refractivity contribution >= 4 is 18.1 Å². The largest absolute Gasteiger partial charge is 0.447 e. The molecule has 0 radical (unpaired) electrons. The molecule has 0 spiro atoms. The molecule has 0 bridgehead atoms. The van der Waals surface area contributed by atoms with Crippen molar-refractivity contribution in [3.8, 4) is 0 Å². The molecule has 0 rings (SSSR count). The first-order valence-corrected chi connectivity index (χ1v) is 6.21. The van der Waals surface area contributed by atoms with Crippen LogP contribution < -0.4 is 21.7 Å². The monoisotopic (exact) mass is 306 g/mol. The molecule has 10 heteroatoms. The number of hydrogen-bond donors (Lipinski definition) is 4. The molecule has 3 amide bonds. The van der Waals surface area contributed by atoms with E-state index in [0.29, 0.717) is 0 Å². The Bertz CT molecular complexity index is 332. The quantitative estimate of drug-likeness (QED) is 0.392. The van der Waals surface area contributed by atoms with Crippen LogP contribution in [-0.2, 0) is 19.0 Å². The van der Waals surface area contributed by atoms with Gasteiger partial charge in [0.1, 0.15) is 25.4 Å². The number of likely N-dealkylation sites (N-methyl/N-ethyl adjacent to an activating group) is 1. The fraction of sp³-hybridized carbons (Fsp3) is 0.727. The smallest absolute Gasteiger partial charge is 0.406 e. The van der Waals surface area contributed by atoms with Gasteiger partial charge in [0.15, 0.2) is 0 Å². The third-order valence-electron chi connectivity index (χ3n) is 2.40. The fourth-order valence-corrected chi connectivity index (χ4v) is 1.17. The highest BCUT2D eigenvalue weighted by Gasteiger charge is 2.19. The van der Waals surface area contributed by atoms with Crippen molar-refractivity contribution in [2.75, 3.05) is 41.0 Å². The number of carbonyl (C=O) groups is 3. The van der Waals surface area contributed by atoms with Crippen LogP contribution in [0, 0.1) is 0 Å². The molecule has 1 atom stereocenters. The van der Waals surface area contributed by atoms with Crippen LogP contribution in [0.25, 0.3) is 0 Å². The van der Waals surface area contributed by atoms with Gasteiger partial charge in [-0.05, 0) is 7.05 Å². The summed E-state index contributed by atoms with van der Waals surface area (Å²) in [5.74, 6) is -0.587. The van der Waals surface area contributed by atoms with E-state index < -0.39 is 30.2 Å². The summed E-state index contributed by atoms with van der Waals surface area (Å²) >= 11 is 0. The number of ether oxygens (including phenoxy) is 3. The van der Waals surface area contributed by atoms with Crippen LogP contribution in [0.4, 0.5) is 9.59 Å². The summed E-state index contributed by atoms with van der Waals surface area (Å²) in [5, 5.41) is 7.20. The van der Waals surface area contributed by atoms with Crippen LogP contribution in [0.15, 0.2) is 0 Å². The van der Waals surface area contributed by atoms with Crippen LogP contribution in [0.3, 0.4) is 0 Å². The zero-order valence-corrected chi connectivity index (χ0v) is 12.3. The van der Waals surface area contributed by atoms with Crippen molar-refractivity contribution in [1.82, 2.24) is 16.0 Å². The Labute approximate surface area is 122 Å². The predicted octanol–water partition coefficient (Wildman–Crippen LogP) is -1.84. The number of alkyl carbamates (subject to hydrolysis) is 2. The summed E-state index contributed by atoms with van der Waals surface area (Å²) in [5.41, 5.74) is 5.15. The van der Waals surface area contributed by atoms with Crippen LogP contribution in [-0.4, -0.2) is 71.2 Å². The lowest BCUT2D eigenvalue weighted by molar-refractivity contribution is -0.122. The third-order valence-corrected chi connectivity index (χ3v) is 2.40. The first-order valence-electron chi connectivity index (χ1n) is 6.21. The highest BCUT2D eigenvalue weighted by molar-refractivity contribution is 5.79. The summed E-state index contributed by atoms with van der Waals surface area (Å²) in [7, 11) is 4.36. The second-order valence-electron chi connectivity index (χ2n) is 3.90. The van der Waals surface area contributed by atoms with Gasteiger partial charge in [-0.25, -0.2) is 9.59 Å². The van der Waals surface area contributed by atoms with Gasteiger partial charge in [-0.3, -0.25) is 4.79 Å². The highest BCUT2D eigenvalue weighted by Crippen LogP contribution is 1.98. The lowest BCUT2D eigenvalue weighted by Crippen LogP contribution is -2.44. The maximum Gasteiger partial charge on any atom is 0.406 e. The van der Waals surface area contributed by atoms with Gasteiger partial charge in [0.25, 0.3) is 0 Å². The second kappa shape index (κ2) is 10.7. The lowest BCUT2D eigenvalue weighted by atomic mass is 10.3. The predicted molar refractivity (Wildman–Crippen MR) is 72.6 cm³/mol. The van der Waals surface area contributed by atoms with E-state index in [0.717, 1.165) is 0 Å². The van der Waals surface area contributed by atoms with Crippen molar-refractivity contribution in [3.63, 3.8) is 0 Å². The van der Waals surface area contributed by atoms with Crippen LogP contribution >= 0.6 is 0 Å². The van der Waals surface area contributed by atoms with Crippen molar-refractivity contribution in [3.05, 3.63) is 0 Å². The van der Waals surface area contributed by atoms with E-state index in [1.807, 2.05) is 0 Å². The van der Waals surface area contributed by atoms with Crippen molar-refractivity contribution in [2.45, 2.75) is 12.1 Å². The van der Waals surface area contributed by atoms with E-state index in [1.54, 1.807) is 7.05 Å². The minimum atomic E-state index is -0.727. The highest BCUT2D eigenvalue weighted by atomic mass is 16.6. The average Bonchev–Trinajstić information content (AvgIpc) is 2.48. The first-order chi connectivity index (χ1) is 9.94. The van der Waals surface area contributed by atoms with E-state index in [-0.39, 0.29) is 19.8 Å². The summed E-state index contributed by atoms with van der Waals surface area (Å²) in [4.78, 5) is 33.1. The van der Waals surface area contributed by atoms with Gasteiger partial charge < -0.3 is 35.9 Å². The number of carbonyl (C=O) groups excluding carboxylic acids is 3. The Kier molecular flexibility index (Phi) is 9.63. The van der Waals surface area contributed by atoms with E-state index in [9.17, 15) is 14.4 Å². The van der Waals surface area contributed by atoms with Gasteiger partial charge in [-0.15, -0.1) is 0 Å². The number of primary amides is 1. The van der Waals surface area contributed by atoms with E-state index >= 15 is 0 Å². The molecule has 0 aromatic heterocycles. The molecule has 5 N–H and O–H groups in total. The third kappa shape index (κ3) is 8.65. The Hall–Kier alpha value is -2.07. The summed E-state index contributed by atoms with van der Waals surface area (Å²) < 4.78 is 15.0. The Morgan fingerprint density at radius 3 is 1.76 bits per heavy atom. The molecular weight excluding hydrogens is 284 g/mol. The van der Waals surface area contributed by atoms with Gasteiger partial charge in [0.2, 0.25) is 5.91 Å². The van der Waals surface area contributed by atoms with Crippen molar-refractivity contribution in [2.24, 2.45) is 5.73 Å². The van der Waals surface area contributed by atoms with Crippen molar-refractivity contribution < 1.29 is 28.6 Å². The second-order valence-corrected chi connectivity index (χ2v) is 3.90. The number of nitrogens with one attached hydrogen (secondary N) is 3. The molecule has 0 aliphatic heterocycles.